The number of urea groups is 1. The third-order valence-electron chi connectivity index (χ3n) is 6.68. The summed E-state index contributed by atoms with van der Waals surface area (Å²) in [6, 6.07) is 12.9. The largest absolute Gasteiger partial charge is 0.462 e. The second-order valence-electron chi connectivity index (χ2n) is 10.2. The first-order valence-electron chi connectivity index (χ1n) is 14.3. The van der Waals surface area contributed by atoms with Gasteiger partial charge in [-0.15, -0.1) is 0 Å². The Hall–Kier alpha value is -4.25. The van der Waals surface area contributed by atoms with Crippen LogP contribution in [0.3, 0.4) is 0 Å². The minimum atomic E-state index is -0.461. The van der Waals surface area contributed by atoms with E-state index in [1.54, 1.807) is 48.5 Å². The summed E-state index contributed by atoms with van der Waals surface area (Å²) >= 11 is 0. The molecular formula is C32H42N2O9. The number of hydrogen-bond acceptors (Lipinski definition) is 9. The normalized spacial score (nSPS) is 15.6. The molecule has 2 N–H and O–H groups in total. The molecule has 0 aromatic heterocycles. The van der Waals surface area contributed by atoms with Crippen molar-refractivity contribution in [2.75, 3.05) is 45.9 Å². The highest BCUT2D eigenvalue weighted by atomic mass is 16.6. The van der Waals surface area contributed by atoms with Crippen molar-refractivity contribution >= 4 is 35.4 Å². The van der Waals surface area contributed by atoms with Crippen LogP contribution in [-0.4, -0.2) is 70.3 Å². The van der Waals surface area contributed by atoms with Crippen LogP contribution in [0.1, 0.15) is 65.8 Å². The molecule has 0 bridgehead atoms. The summed E-state index contributed by atoms with van der Waals surface area (Å²) in [5, 5.41) is 5.02. The zero-order valence-corrected chi connectivity index (χ0v) is 25.3. The third kappa shape index (κ3) is 13.5. The number of anilines is 1. The quantitative estimate of drug-likeness (QED) is 0.204. The van der Waals surface area contributed by atoms with Gasteiger partial charge in [0.05, 0.1) is 23.7 Å². The third-order valence-corrected chi connectivity index (χ3v) is 6.68. The van der Waals surface area contributed by atoms with Crippen LogP contribution in [-0.2, 0) is 35.0 Å². The van der Waals surface area contributed by atoms with E-state index in [2.05, 4.69) is 17.6 Å². The van der Waals surface area contributed by atoms with Crippen LogP contribution in [0.2, 0.25) is 0 Å². The molecule has 2 amide bonds. The number of esters is 3. The molecule has 11 nitrogen and oxygen atoms in total. The molecule has 2 aromatic carbocycles. The summed E-state index contributed by atoms with van der Waals surface area (Å²) in [6.07, 6.45) is 4.24. The standard InChI is InChI=1S/C20H26O5.C12H16N2O4/c1-14-3-7-17(8-4-14)19(22)24-11-12-25-20(23)18-9-5-16(6-10-18)13-15(2)21;1-13-12(16)14-10-5-3-9(4-6-10)11(15)18-8-7-17-2/h5-6,9-10,14,17H,3-4,7-8,11-13H2,1-2H3;3-6H,7-8H2,1-2H3,(H2,13,14,16). The van der Waals surface area contributed by atoms with E-state index in [0.29, 0.717) is 35.8 Å². The van der Waals surface area contributed by atoms with Crippen LogP contribution in [0.25, 0.3) is 0 Å². The molecule has 43 heavy (non-hydrogen) atoms. The van der Waals surface area contributed by atoms with Gasteiger partial charge >= 0.3 is 23.9 Å². The first-order chi connectivity index (χ1) is 20.6. The fourth-order valence-electron chi connectivity index (χ4n) is 4.20. The summed E-state index contributed by atoms with van der Waals surface area (Å²) in [6.45, 7) is 4.43. The second-order valence-corrected chi connectivity index (χ2v) is 10.2. The Morgan fingerprint density at radius 2 is 1.26 bits per heavy atom. The Bertz CT molecular complexity index is 1190. The molecule has 234 valence electrons. The first kappa shape index (κ1) is 34.9. The minimum absolute atomic E-state index is 0.0132. The van der Waals surface area contributed by atoms with Gasteiger partial charge in [0.1, 0.15) is 25.6 Å². The van der Waals surface area contributed by atoms with Crippen molar-refractivity contribution in [3.05, 3.63) is 65.2 Å². The predicted molar refractivity (Wildman–Crippen MR) is 160 cm³/mol. The number of ether oxygens (including phenoxy) is 4. The van der Waals surface area contributed by atoms with Crippen LogP contribution >= 0.6 is 0 Å². The van der Waals surface area contributed by atoms with E-state index in [0.717, 1.165) is 31.2 Å². The lowest BCUT2D eigenvalue weighted by Gasteiger charge is -2.24. The van der Waals surface area contributed by atoms with Crippen molar-refractivity contribution in [1.29, 1.82) is 0 Å². The SMILES string of the molecule is CC(=O)Cc1ccc(C(=O)OCCOC(=O)C2CCC(C)CC2)cc1.CNC(=O)Nc1ccc(C(=O)OCCOC)cc1. The van der Waals surface area contributed by atoms with E-state index < -0.39 is 11.9 Å². The maximum Gasteiger partial charge on any atom is 0.338 e. The molecule has 0 spiro atoms. The molecule has 1 saturated carbocycles. The maximum absolute atomic E-state index is 12.0. The first-order valence-corrected chi connectivity index (χ1v) is 14.3. The lowest BCUT2D eigenvalue weighted by Crippen LogP contribution is -2.24. The predicted octanol–water partition coefficient (Wildman–Crippen LogP) is 4.59. The highest BCUT2D eigenvalue weighted by Crippen LogP contribution is 2.29. The number of carbonyl (C=O) groups is 5. The topological polar surface area (TPSA) is 146 Å². The van der Waals surface area contributed by atoms with E-state index in [-0.39, 0.29) is 43.5 Å². The average Bonchev–Trinajstić information content (AvgIpc) is 3.00. The maximum atomic E-state index is 12.0. The van der Waals surface area contributed by atoms with Gasteiger partial charge in [0.25, 0.3) is 0 Å². The summed E-state index contributed by atoms with van der Waals surface area (Å²) in [5.74, 6) is -0.316. The summed E-state index contributed by atoms with van der Waals surface area (Å²) < 4.78 is 20.1. The van der Waals surface area contributed by atoms with Crippen molar-refractivity contribution in [3.8, 4) is 0 Å². The van der Waals surface area contributed by atoms with E-state index in [9.17, 15) is 24.0 Å². The fraction of sp³-hybridized carbons (Fsp3) is 0.469. The van der Waals surface area contributed by atoms with Crippen molar-refractivity contribution in [1.82, 2.24) is 5.32 Å². The van der Waals surface area contributed by atoms with E-state index in [4.69, 9.17) is 18.9 Å². The van der Waals surface area contributed by atoms with Gasteiger partial charge in [0.2, 0.25) is 0 Å². The smallest absolute Gasteiger partial charge is 0.338 e. The molecular weight excluding hydrogens is 556 g/mol. The molecule has 2 aromatic rings. The Balaban J connectivity index is 0.000000317. The molecule has 0 atom stereocenters. The van der Waals surface area contributed by atoms with Crippen LogP contribution in [0.4, 0.5) is 10.5 Å². The van der Waals surface area contributed by atoms with Crippen molar-refractivity contribution in [2.45, 2.75) is 46.0 Å². The minimum Gasteiger partial charge on any atom is -0.462 e. The van der Waals surface area contributed by atoms with E-state index in [1.165, 1.54) is 21.1 Å². The number of hydrogen-bond donors (Lipinski definition) is 2. The van der Waals surface area contributed by atoms with Crippen LogP contribution < -0.4 is 10.6 Å². The molecule has 0 radical (unpaired) electrons. The number of carbonyl (C=O) groups excluding carboxylic acids is 5. The molecule has 1 fully saturated rings. The molecule has 1 aliphatic carbocycles. The van der Waals surface area contributed by atoms with Gasteiger partial charge in [-0.2, -0.15) is 0 Å². The molecule has 0 unspecified atom stereocenters. The van der Waals surface area contributed by atoms with Gasteiger partial charge in [0.15, 0.2) is 0 Å². The lowest BCUT2D eigenvalue weighted by molar-refractivity contribution is -0.151. The molecule has 0 saturated heterocycles. The molecule has 11 heteroatoms. The lowest BCUT2D eigenvalue weighted by atomic mass is 9.83. The number of amides is 2. The molecule has 0 heterocycles. The van der Waals surface area contributed by atoms with Crippen molar-refractivity contribution in [2.24, 2.45) is 11.8 Å². The summed E-state index contributed by atoms with van der Waals surface area (Å²) in [7, 11) is 3.06. The summed E-state index contributed by atoms with van der Waals surface area (Å²) in [5.41, 5.74) is 2.30. The van der Waals surface area contributed by atoms with Crippen molar-refractivity contribution < 1.29 is 42.9 Å². The average molecular weight is 599 g/mol. The number of benzene rings is 2. The van der Waals surface area contributed by atoms with E-state index in [1.807, 2.05) is 0 Å². The number of rotatable bonds is 12. The molecule has 3 rings (SSSR count). The highest BCUT2D eigenvalue weighted by molar-refractivity contribution is 5.92. The highest BCUT2D eigenvalue weighted by Gasteiger charge is 2.25. The van der Waals surface area contributed by atoms with Gasteiger partial charge in [-0.3, -0.25) is 9.59 Å². The monoisotopic (exact) mass is 598 g/mol. The zero-order valence-electron chi connectivity index (χ0n) is 25.3. The number of nitrogens with one attached hydrogen (secondary N) is 2. The van der Waals surface area contributed by atoms with Gasteiger partial charge in [-0.25, -0.2) is 14.4 Å². The van der Waals surface area contributed by atoms with Crippen molar-refractivity contribution in [3.63, 3.8) is 0 Å². The van der Waals surface area contributed by atoms with Gasteiger partial charge in [0, 0.05) is 26.3 Å². The molecule has 0 aliphatic heterocycles. The second kappa shape index (κ2) is 19.0. The Morgan fingerprint density at radius 3 is 1.77 bits per heavy atom. The fourth-order valence-corrected chi connectivity index (χ4v) is 4.20. The molecule has 1 aliphatic rings. The summed E-state index contributed by atoms with van der Waals surface area (Å²) in [4.78, 5) is 57.5. The van der Waals surface area contributed by atoms with Gasteiger partial charge < -0.3 is 29.6 Å². The number of ketones is 1. The Kier molecular flexibility index (Phi) is 15.5. The van der Waals surface area contributed by atoms with Gasteiger partial charge in [-0.05, 0) is 80.5 Å². The zero-order chi connectivity index (χ0) is 31.6. The number of methoxy groups -OCH3 is 1. The van der Waals surface area contributed by atoms with Crippen LogP contribution in [0.15, 0.2) is 48.5 Å². The van der Waals surface area contributed by atoms with Gasteiger partial charge in [-0.1, -0.05) is 19.1 Å². The van der Waals surface area contributed by atoms with E-state index >= 15 is 0 Å². The van der Waals surface area contributed by atoms with Crippen LogP contribution in [0, 0.1) is 11.8 Å². The van der Waals surface area contributed by atoms with Crippen LogP contribution in [0.5, 0.6) is 0 Å². The Labute approximate surface area is 252 Å². The Morgan fingerprint density at radius 1 is 0.744 bits per heavy atom. The number of Topliss-reactive ketones (excluding diaryl/α,β-unsaturated/α-hetero) is 1.